The van der Waals surface area contributed by atoms with Gasteiger partial charge in [0.25, 0.3) is 0 Å². The van der Waals surface area contributed by atoms with E-state index in [4.69, 9.17) is 14.2 Å². The minimum Gasteiger partial charge on any atom is -0.496 e. The number of aliphatic hydroxyl groups excluding tert-OH is 1. The molecule has 0 radical (unpaired) electrons. The molecule has 0 aromatic heterocycles. The van der Waals surface area contributed by atoms with Crippen molar-refractivity contribution in [1.82, 2.24) is 4.90 Å². The van der Waals surface area contributed by atoms with Crippen LogP contribution in [0, 0.1) is 0 Å². The van der Waals surface area contributed by atoms with Gasteiger partial charge in [-0.3, -0.25) is 4.90 Å². The monoisotopic (exact) mass is 325 g/mol. The Kier molecular flexibility index (Phi) is 8.55. The SMILES string of the molecule is COCCN(Cc1ccccc1OC)C[C@H](O)COC(C)(C)C. The molecule has 1 aromatic rings. The zero-order chi connectivity index (χ0) is 17.3. The summed E-state index contributed by atoms with van der Waals surface area (Å²) in [6, 6.07) is 7.93. The molecule has 1 rings (SSSR count). The maximum atomic E-state index is 10.2. The van der Waals surface area contributed by atoms with Crippen molar-refractivity contribution in [2.24, 2.45) is 0 Å². The van der Waals surface area contributed by atoms with Crippen LogP contribution in [0.5, 0.6) is 5.75 Å². The van der Waals surface area contributed by atoms with E-state index in [9.17, 15) is 5.11 Å². The van der Waals surface area contributed by atoms with Gasteiger partial charge in [0.05, 0.1) is 32.0 Å². The number of aliphatic hydroxyl groups is 1. The largest absolute Gasteiger partial charge is 0.496 e. The highest BCUT2D eigenvalue weighted by molar-refractivity contribution is 5.33. The second kappa shape index (κ2) is 9.88. The first-order valence-electron chi connectivity index (χ1n) is 8.01. The Labute approximate surface area is 140 Å². The summed E-state index contributed by atoms with van der Waals surface area (Å²) in [6.45, 7) is 8.84. The minimum atomic E-state index is -0.541. The Morgan fingerprint density at radius 1 is 1.17 bits per heavy atom. The normalized spacial score (nSPS) is 13.3. The zero-order valence-electron chi connectivity index (χ0n) is 15.0. The Hall–Kier alpha value is -1.14. The molecule has 0 amide bonds. The molecule has 5 nitrogen and oxygen atoms in total. The van der Waals surface area contributed by atoms with Gasteiger partial charge in [-0.05, 0) is 26.8 Å². The molecule has 0 heterocycles. The number of hydrogen-bond acceptors (Lipinski definition) is 5. The lowest BCUT2D eigenvalue weighted by Crippen LogP contribution is -2.38. The van der Waals surface area contributed by atoms with Crippen molar-refractivity contribution in [3.8, 4) is 5.75 Å². The summed E-state index contributed by atoms with van der Waals surface area (Å²) >= 11 is 0. The van der Waals surface area contributed by atoms with Crippen molar-refractivity contribution in [2.45, 2.75) is 39.0 Å². The Balaban J connectivity index is 2.64. The van der Waals surface area contributed by atoms with Crippen LogP contribution in [0.25, 0.3) is 0 Å². The third kappa shape index (κ3) is 8.32. The first kappa shape index (κ1) is 19.9. The van der Waals surface area contributed by atoms with Gasteiger partial charge in [0.2, 0.25) is 0 Å². The molecule has 5 heteroatoms. The first-order valence-corrected chi connectivity index (χ1v) is 8.01. The predicted molar refractivity (Wildman–Crippen MR) is 91.9 cm³/mol. The smallest absolute Gasteiger partial charge is 0.123 e. The quantitative estimate of drug-likeness (QED) is 0.715. The zero-order valence-corrected chi connectivity index (χ0v) is 15.0. The summed E-state index contributed by atoms with van der Waals surface area (Å²) in [5, 5.41) is 10.2. The molecule has 1 N–H and O–H groups in total. The molecule has 0 saturated heterocycles. The molecule has 0 bridgehead atoms. The van der Waals surface area contributed by atoms with Crippen LogP contribution in [0.15, 0.2) is 24.3 Å². The van der Waals surface area contributed by atoms with Crippen LogP contribution in [-0.4, -0.2) is 62.2 Å². The van der Waals surface area contributed by atoms with E-state index in [1.807, 2.05) is 45.0 Å². The molecule has 0 aliphatic rings. The Morgan fingerprint density at radius 3 is 2.48 bits per heavy atom. The maximum absolute atomic E-state index is 10.2. The average Bonchev–Trinajstić information content (AvgIpc) is 2.50. The number of hydrogen-bond donors (Lipinski definition) is 1. The predicted octanol–water partition coefficient (Wildman–Crippen LogP) is 2.32. The third-order valence-electron chi connectivity index (χ3n) is 3.38. The molecule has 0 spiro atoms. The second-order valence-corrected chi connectivity index (χ2v) is 6.62. The highest BCUT2D eigenvalue weighted by Gasteiger charge is 2.17. The lowest BCUT2D eigenvalue weighted by Gasteiger charge is -2.27. The highest BCUT2D eigenvalue weighted by atomic mass is 16.5. The van der Waals surface area contributed by atoms with Crippen LogP contribution < -0.4 is 4.74 Å². The van der Waals surface area contributed by atoms with Crippen LogP contribution in [0.4, 0.5) is 0 Å². The molecule has 1 atom stereocenters. The van der Waals surface area contributed by atoms with E-state index in [1.165, 1.54) is 0 Å². The first-order chi connectivity index (χ1) is 10.9. The van der Waals surface area contributed by atoms with Gasteiger partial charge in [-0.25, -0.2) is 0 Å². The molecule has 0 aliphatic heterocycles. The minimum absolute atomic E-state index is 0.249. The van der Waals surface area contributed by atoms with E-state index in [-0.39, 0.29) is 5.60 Å². The summed E-state index contributed by atoms with van der Waals surface area (Å²) in [4.78, 5) is 2.15. The molecular formula is C18H31NO4. The Morgan fingerprint density at radius 2 is 1.87 bits per heavy atom. The van der Waals surface area contributed by atoms with Gasteiger partial charge in [-0.1, -0.05) is 18.2 Å². The summed E-state index contributed by atoms with van der Waals surface area (Å²) in [5.41, 5.74) is 0.844. The van der Waals surface area contributed by atoms with E-state index < -0.39 is 6.10 Å². The van der Waals surface area contributed by atoms with Gasteiger partial charge < -0.3 is 19.3 Å². The lowest BCUT2D eigenvalue weighted by atomic mass is 10.1. The van der Waals surface area contributed by atoms with E-state index in [1.54, 1.807) is 14.2 Å². The highest BCUT2D eigenvalue weighted by Crippen LogP contribution is 2.19. The molecule has 0 fully saturated rings. The third-order valence-corrected chi connectivity index (χ3v) is 3.38. The van der Waals surface area contributed by atoms with Crippen LogP contribution in [0.1, 0.15) is 26.3 Å². The fourth-order valence-electron chi connectivity index (χ4n) is 2.23. The fraction of sp³-hybridized carbons (Fsp3) is 0.667. The molecule has 0 unspecified atom stereocenters. The van der Waals surface area contributed by atoms with Crippen LogP contribution in [0.3, 0.4) is 0 Å². The summed E-state index contributed by atoms with van der Waals surface area (Å²) < 4.78 is 16.2. The molecule has 0 saturated carbocycles. The maximum Gasteiger partial charge on any atom is 0.123 e. The van der Waals surface area contributed by atoms with Crippen molar-refractivity contribution >= 4 is 0 Å². The Bertz CT molecular complexity index is 445. The van der Waals surface area contributed by atoms with Crippen LogP contribution >= 0.6 is 0 Å². The second-order valence-electron chi connectivity index (χ2n) is 6.62. The van der Waals surface area contributed by atoms with Crippen LogP contribution in [0.2, 0.25) is 0 Å². The van der Waals surface area contributed by atoms with Crippen molar-refractivity contribution in [2.75, 3.05) is 40.5 Å². The molecular weight excluding hydrogens is 294 g/mol. The molecule has 1 aromatic carbocycles. The number of para-hydroxylation sites is 1. The van der Waals surface area contributed by atoms with Crippen molar-refractivity contribution < 1.29 is 19.3 Å². The topological polar surface area (TPSA) is 51.2 Å². The standard InChI is InChI=1S/C18H31NO4/c1-18(2,3)23-14-16(20)13-19(10-11-21-4)12-15-8-6-7-9-17(15)22-5/h6-9,16,20H,10-14H2,1-5H3/t16-/m0/s1. The van der Waals surface area contributed by atoms with E-state index in [2.05, 4.69) is 4.90 Å². The van der Waals surface area contributed by atoms with E-state index in [0.29, 0.717) is 26.3 Å². The summed E-state index contributed by atoms with van der Waals surface area (Å²) in [5.74, 6) is 0.857. The molecule has 23 heavy (non-hydrogen) atoms. The number of methoxy groups -OCH3 is 2. The van der Waals surface area contributed by atoms with E-state index in [0.717, 1.165) is 17.9 Å². The number of benzene rings is 1. The molecule has 0 aliphatic carbocycles. The van der Waals surface area contributed by atoms with Gasteiger partial charge in [-0.2, -0.15) is 0 Å². The van der Waals surface area contributed by atoms with E-state index >= 15 is 0 Å². The van der Waals surface area contributed by atoms with Gasteiger partial charge in [-0.15, -0.1) is 0 Å². The number of ether oxygens (including phenoxy) is 3. The van der Waals surface area contributed by atoms with Gasteiger partial charge in [0, 0.05) is 32.3 Å². The van der Waals surface area contributed by atoms with Gasteiger partial charge >= 0.3 is 0 Å². The van der Waals surface area contributed by atoms with Crippen molar-refractivity contribution in [3.05, 3.63) is 29.8 Å². The number of nitrogens with zero attached hydrogens (tertiary/aromatic N) is 1. The van der Waals surface area contributed by atoms with Gasteiger partial charge in [0.15, 0.2) is 0 Å². The summed E-state index contributed by atoms with van der Waals surface area (Å²) in [6.07, 6.45) is -0.541. The average molecular weight is 325 g/mol. The fourth-order valence-corrected chi connectivity index (χ4v) is 2.23. The summed E-state index contributed by atoms with van der Waals surface area (Å²) in [7, 11) is 3.35. The van der Waals surface area contributed by atoms with Crippen molar-refractivity contribution in [1.29, 1.82) is 0 Å². The number of rotatable bonds is 10. The van der Waals surface area contributed by atoms with Crippen LogP contribution in [-0.2, 0) is 16.0 Å². The van der Waals surface area contributed by atoms with Gasteiger partial charge in [0.1, 0.15) is 5.75 Å². The van der Waals surface area contributed by atoms with Crippen molar-refractivity contribution in [3.63, 3.8) is 0 Å². The lowest BCUT2D eigenvalue weighted by molar-refractivity contribution is -0.0577. The molecule has 132 valence electrons.